The first-order valence-corrected chi connectivity index (χ1v) is 8.84. The quantitative estimate of drug-likeness (QED) is 0.696. The fourth-order valence-corrected chi connectivity index (χ4v) is 3.51. The number of carbonyl (C=O) groups excluding carboxylic acids is 2. The molecule has 4 rings (SSSR count). The molecule has 0 radical (unpaired) electrons. The van der Waals surface area contributed by atoms with Crippen LogP contribution >= 0.6 is 0 Å². The van der Waals surface area contributed by atoms with E-state index >= 15 is 0 Å². The summed E-state index contributed by atoms with van der Waals surface area (Å²) in [6, 6.07) is 4.42. The smallest absolute Gasteiger partial charge is 0.341 e. The Labute approximate surface area is 162 Å². The van der Waals surface area contributed by atoms with Crippen LogP contribution in [-0.2, 0) is 6.18 Å². The summed E-state index contributed by atoms with van der Waals surface area (Å²) in [6.07, 6.45) is 0.0576. The molecule has 2 aromatic heterocycles. The predicted octanol–water partition coefficient (Wildman–Crippen LogP) is 3.81. The van der Waals surface area contributed by atoms with Gasteiger partial charge in [0.05, 0.1) is 41.9 Å². The monoisotopic (exact) mass is 403 g/mol. The van der Waals surface area contributed by atoms with Crippen LogP contribution in [0.4, 0.5) is 18.9 Å². The van der Waals surface area contributed by atoms with E-state index in [1.54, 1.807) is 0 Å². The number of nitrogens with one attached hydrogen (secondary N) is 2. The van der Waals surface area contributed by atoms with Crippen molar-refractivity contribution in [2.24, 2.45) is 0 Å². The Kier molecular flexibility index (Phi) is 4.48. The SMILES string of the molecule is C[C@H]1CC(c2ccc(C(F)(F)F)cc2)C(=O)c2c(NC(=O)c3cnc[nH]3)cnn21. The number of amides is 1. The summed E-state index contributed by atoms with van der Waals surface area (Å²) in [5.74, 6) is -1.41. The first-order valence-electron chi connectivity index (χ1n) is 8.84. The van der Waals surface area contributed by atoms with Gasteiger partial charge in [0, 0.05) is 0 Å². The molecule has 1 aliphatic heterocycles. The molecule has 3 heterocycles. The number of ketones is 1. The largest absolute Gasteiger partial charge is 0.416 e. The number of halogens is 3. The van der Waals surface area contributed by atoms with Gasteiger partial charge in [-0.25, -0.2) is 4.98 Å². The molecule has 7 nitrogen and oxygen atoms in total. The number of hydrogen-bond acceptors (Lipinski definition) is 4. The molecule has 1 aliphatic rings. The lowest BCUT2D eigenvalue weighted by atomic mass is 9.84. The number of carbonyl (C=O) groups is 2. The van der Waals surface area contributed by atoms with Crippen molar-refractivity contribution in [2.45, 2.75) is 31.5 Å². The van der Waals surface area contributed by atoms with E-state index in [0.717, 1.165) is 12.1 Å². The second-order valence-electron chi connectivity index (χ2n) is 6.89. The van der Waals surface area contributed by atoms with Crippen LogP contribution in [0.1, 0.15) is 57.4 Å². The number of aromatic amines is 1. The van der Waals surface area contributed by atoms with Gasteiger partial charge >= 0.3 is 6.18 Å². The van der Waals surface area contributed by atoms with Crippen LogP contribution in [0, 0.1) is 0 Å². The summed E-state index contributed by atoms with van der Waals surface area (Å²) in [5, 5.41) is 6.84. The Hall–Kier alpha value is -3.43. The Morgan fingerprint density at radius 3 is 2.59 bits per heavy atom. The van der Waals surface area contributed by atoms with Crippen molar-refractivity contribution in [1.82, 2.24) is 19.7 Å². The molecule has 150 valence electrons. The minimum absolute atomic E-state index is 0.173. The molecule has 1 aromatic carbocycles. The van der Waals surface area contributed by atoms with Gasteiger partial charge in [0.25, 0.3) is 5.91 Å². The van der Waals surface area contributed by atoms with Gasteiger partial charge in [-0.2, -0.15) is 18.3 Å². The van der Waals surface area contributed by atoms with Crippen molar-refractivity contribution in [1.29, 1.82) is 0 Å². The van der Waals surface area contributed by atoms with Gasteiger partial charge in [0.2, 0.25) is 0 Å². The summed E-state index contributed by atoms with van der Waals surface area (Å²) >= 11 is 0. The van der Waals surface area contributed by atoms with Gasteiger partial charge in [0.1, 0.15) is 11.4 Å². The summed E-state index contributed by atoms with van der Waals surface area (Å²) in [5.41, 5.74) is 0.420. The number of hydrogen-bond donors (Lipinski definition) is 2. The molecule has 3 aromatic rings. The number of fused-ring (bicyclic) bond motifs is 1. The molecule has 2 atom stereocenters. The zero-order valence-electron chi connectivity index (χ0n) is 15.2. The minimum Gasteiger partial charge on any atom is -0.341 e. The van der Waals surface area contributed by atoms with E-state index in [1.165, 1.54) is 35.5 Å². The Morgan fingerprint density at radius 1 is 1.24 bits per heavy atom. The number of H-pyrrole nitrogens is 1. The standard InChI is InChI=1S/C19H16F3N5O2/c1-10-6-13(11-2-4-12(5-3-11)19(20,21)22)17(28)16-14(8-25-27(10)16)26-18(29)15-7-23-9-24-15/h2-5,7-10,13H,6H2,1H3,(H,23,24)(H,26,29)/t10-,13?/m0/s1. The average molecular weight is 403 g/mol. The number of benzene rings is 1. The summed E-state index contributed by atoms with van der Waals surface area (Å²) in [4.78, 5) is 31.9. The molecule has 0 fully saturated rings. The number of aromatic nitrogens is 4. The van der Waals surface area contributed by atoms with E-state index < -0.39 is 23.6 Å². The van der Waals surface area contributed by atoms with Crippen LogP contribution in [0.2, 0.25) is 0 Å². The van der Waals surface area contributed by atoms with Gasteiger partial charge in [-0.05, 0) is 31.0 Å². The minimum atomic E-state index is -4.44. The Bertz CT molecular complexity index is 1050. The van der Waals surface area contributed by atoms with E-state index in [0.29, 0.717) is 12.0 Å². The van der Waals surface area contributed by atoms with Crippen LogP contribution in [0.25, 0.3) is 0 Å². The third-order valence-electron chi connectivity index (χ3n) is 4.97. The number of imidazole rings is 1. The Balaban J connectivity index is 1.64. The second-order valence-corrected chi connectivity index (χ2v) is 6.89. The van der Waals surface area contributed by atoms with E-state index in [9.17, 15) is 22.8 Å². The highest BCUT2D eigenvalue weighted by Crippen LogP contribution is 2.39. The van der Waals surface area contributed by atoms with E-state index in [1.807, 2.05) is 6.92 Å². The molecule has 0 spiro atoms. The highest BCUT2D eigenvalue weighted by molar-refractivity contribution is 6.10. The first kappa shape index (κ1) is 18.9. The molecule has 29 heavy (non-hydrogen) atoms. The lowest BCUT2D eigenvalue weighted by molar-refractivity contribution is -0.137. The molecular weight excluding hydrogens is 387 g/mol. The molecule has 0 saturated heterocycles. The average Bonchev–Trinajstić information content (AvgIpc) is 3.34. The maximum Gasteiger partial charge on any atom is 0.416 e. The topological polar surface area (TPSA) is 92.7 Å². The van der Waals surface area contributed by atoms with Crippen molar-refractivity contribution in [3.8, 4) is 0 Å². The van der Waals surface area contributed by atoms with Gasteiger partial charge < -0.3 is 10.3 Å². The fourth-order valence-electron chi connectivity index (χ4n) is 3.51. The highest BCUT2D eigenvalue weighted by Gasteiger charge is 2.37. The van der Waals surface area contributed by atoms with E-state index in [4.69, 9.17) is 0 Å². The van der Waals surface area contributed by atoms with Gasteiger partial charge in [-0.3, -0.25) is 14.3 Å². The van der Waals surface area contributed by atoms with Crippen molar-refractivity contribution < 1.29 is 22.8 Å². The van der Waals surface area contributed by atoms with Gasteiger partial charge in [-0.15, -0.1) is 0 Å². The van der Waals surface area contributed by atoms with Gasteiger partial charge in [0.15, 0.2) is 5.78 Å². The summed E-state index contributed by atoms with van der Waals surface area (Å²) in [6.45, 7) is 1.86. The lowest BCUT2D eigenvalue weighted by Crippen LogP contribution is -2.29. The molecular formula is C19H16F3N5O2. The van der Waals surface area contributed by atoms with Gasteiger partial charge in [-0.1, -0.05) is 12.1 Å². The Morgan fingerprint density at radius 2 is 1.97 bits per heavy atom. The first-order chi connectivity index (χ1) is 13.8. The maximum absolute atomic E-state index is 13.1. The molecule has 2 N–H and O–H groups in total. The highest BCUT2D eigenvalue weighted by atomic mass is 19.4. The van der Waals surface area contributed by atoms with Crippen molar-refractivity contribution in [3.63, 3.8) is 0 Å². The number of Topliss-reactive ketones (excluding diaryl/α,β-unsaturated/α-hetero) is 1. The van der Waals surface area contributed by atoms with Crippen LogP contribution in [0.15, 0.2) is 43.0 Å². The van der Waals surface area contributed by atoms with Crippen LogP contribution in [0.3, 0.4) is 0 Å². The van der Waals surface area contributed by atoms with E-state index in [-0.39, 0.29) is 28.9 Å². The summed E-state index contributed by atoms with van der Waals surface area (Å²) < 4.78 is 40.0. The molecule has 1 unspecified atom stereocenters. The number of anilines is 1. The zero-order valence-corrected chi connectivity index (χ0v) is 15.2. The van der Waals surface area contributed by atoms with Crippen LogP contribution in [0.5, 0.6) is 0 Å². The third kappa shape index (κ3) is 3.41. The molecule has 1 amide bonds. The molecule has 0 bridgehead atoms. The van der Waals surface area contributed by atoms with Crippen LogP contribution < -0.4 is 5.32 Å². The molecule has 0 aliphatic carbocycles. The fraction of sp³-hybridized carbons (Fsp3) is 0.263. The molecule has 10 heteroatoms. The van der Waals surface area contributed by atoms with E-state index in [2.05, 4.69) is 20.4 Å². The number of alkyl halides is 3. The maximum atomic E-state index is 13.1. The second kappa shape index (κ2) is 6.87. The number of rotatable bonds is 3. The zero-order chi connectivity index (χ0) is 20.8. The predicted molar refractivity (Wildman–Crippen MR) is 96.6 cm³/mol. The van der Waals surface area contributed by atoms with Crippen molar-refractivity contribution in [2.75, 3.05) is 5.32 Å². The lowest BCUT2D eigenvalue weighted by Gasteiger charge is -2.28. The third-order valence-corrected chi connectivity index (χ3v) is 4.97. The van der Waals surface area contributed by atoms with Crippen molar-refractivity contribution >= 4 is 17.4 Å². The molecule has 0 saturated carbocycles. The normalized spacial score (nSPS) is 19.1. The summed E-state index contributed by atoms with van der Waals surface area (Å²) in [7, 11) is 0. The number of nitrogens with zero attached hydrogens (tertiary/aromatic N) is 3. The van der Waals surface area contributed by atoms with Crippen LogP contribution in [-0.4, -0.2) is 31.4 Å². The van der Waals surface area contributed by atoms with Crippen molar-refractivity contribution in [3.05, 3.63) is 65.5 Å².